The third-order valence-electron chi connectivity index (χ3n) is 3.65. The molecule has 3 heteroatoms. The maximum atomic E-state index is 4.30. The van der Waals surface area contributed by atoms with Crippen LogP contribution in [-0.2, 0) is 13.1 Å². The second-order valence-corrected chi connectivity index (χ2v) is 5.87. The summed E-state index contributed by atoms with van der Waals surface area (Å²) in [6.45, 7) is 14.5. The second kappa shape index (κ2) is 7.57. The Balaban J connectivity index is 2.63. The maximum absolute atomic E-state index is 4.30. The van der Waals surface area contributed by atoms with Crippen molar-refractivity contribution in [1.82, 2.24) is 14.9 Å². The Hall–Kier alpha value is -0.830. The van der Waals surface area contributed by atoms with Gasteiger partial charge >= 0.3 is 0 Å². The summed E-state index contributed by atoms with van der Waals surface area (Å²) in [6.07, 6.45) is 5.13. The van der Waals surface area contributed by atoms with Gasteiger partial charge in [-0.2, -0.15) is 0 Å². The Kier molecular flexibility index (Phi) is 6.41. The van der Waals surface area contributed by atoms with Gasteiger partial charge in [-0.15, -0.1) is 0 Å². The van der Waals surface area contributed by atoms with Crippen LogP contribution in [0.15, 0.2) is 12.5 Å². The number of imidazole rings is 1. The fraction of sp³-hybridized carbons (Fsp3) is 0.800. The van der Waals surface area contributed by atoms with Crippen LogP contribution in [0, 0.1) is 17.8 Å². The lowest BCUT2D eigenvalue weighted by atomic mass is 9.85. The quantitative estimate of drug-likeness (QED) is 0.718. The lowest BCUT2D eigenvalue weighted by Gasteiger charge is -2.26. The second-order valence-electron chi connectivity index (χ2n) is 5.87. The highest BCUT2D eigenvalue weighted by atomic mass is 15.1. The zero-order chi connectivity index (χ0) is 13.5. The van der Waals surface area contributed by atoms with Gasteiger partial charge in [0.05, 0.1) is 12.0 Å². The highest BCUT2D eigenvalue weighted by molar-refractivity contribution is 4.98. The molecule has 0 aliphatic heterocycles. The number of rotatable bonds is 8. The first-order valence-corrected chi connectivity index (χ1v) is 7.26. The maximum Gasteiger partial charge on any atom is 0.0948 e. The van der Waals surface area contributed by atoms with Gasteiger partial charge in [0, 0.05) is 19.3 Å². The van der Waals surface area contributed by atoms with Crippen LogP contribution in [-0.4, -0.2) is 16.1 Å². The van der Waals surface area contributed by atoms with Crippen molar-refractivity contribution in [2.24, 2.45) is 17.8 Å². The van der Waals surface area contributed by atoms with Crippen LogP contribution in [0.1, 0.15) is 46.7 Å². The third kappa shape index (κ3) is 4.45. The van der Waals surface area contributed by atoms with Gasteiger partial charge in [-0.05, 0) is 30.7 Å². The van der Waals surface area contributed by atoms with Crippen molar-refractivity contribution < 1.29 is 0 Å². The average molecular weight is 251 g/mol. The fourth-order valence-electron chi connectivity index (χ4n) is 2.47. The first-order chi connectivity index (χ1) is 8.56. The van der Waals surface area contributed by atoms with E-state index in [1.54, 1.807) is 0 Å². The first kappa shape index (κ1) is 15.2. The van der Waals surface area contributed by atoms with Crippen molar-refractivity contribution in [3.05, 3.63) is 18.2 Å². The predicted octanol–water partition coefficient (Wildman–Crippen LogP) is 3.31. The summed E-state index contributed by atoms with van der Waals surface area (Å²) in [7, 11) is 0. The predicted molar refractivity (Wildman–Crippen MR) is 77.4 cm³/mol. The molecular weight excluding hydrogens is 222 g/mol. The molecule has 3 nitrogen and oxygen atoms in total. The number of hydrogen-bond acceptors (Lipinski definition) is 2. The largest absolute Gasteiger partial charge is 0.333 e. The van der Waals surface area contributed by atoms with E-state index in [2.05, 4.69) is 49.5 Å². The molecule has 0 aliphatic carbocycles. The van der Waals surface area contributed by atoms with E-state index in [-0.39, 0.29) is 0 Å². The molecule has 0 bridgehead atoms. The molecule has 0 aliphatic rings. The molecule has 1 rings (SSSR count). The molecular formula is C15H29N3. The molecule has 0 spiro atoms. The van der Waals surface area contributed by atoms with E-state index in [0.717, 1.165) is 19.6 Å². The van der Waals surface area contributed by atoms with Gasteiger partial charge in [0.1, 0.15) is 0 Å². The summed E-state index contributed by atoms with van der Waals surface area (Å²) in [6, 6.07) is 0. The van der Waals surface area contributed by atoms with Crippen LogP contribution >= 0.6 is 0 Å². The molecule has 1 heterocycles. The lowest BCUT2D eigenvalue weighted by Crippen LogP contribution is -2.24. The summed E-state index contributed by atoms with van der Waals surface area (Å²) < 4.78 is 2.31. The van der Waals surface area contributed by atoms with E-state index in [0.29, 0.717) is 17.8 Å². The van der Waals surface area contributed by atoms with Crippen LogP contribution in [0.5, 0.6) is 0 Å². The van der Waals surface area contributed by atoms with Crippen molar-refractivity contribution in [1.29, 1.82) is 0 Å². The van der Waals surface area contributed by atoms with Gasteiger partial charge in [-0.1, -0.05) is 34.6 Å². The highest BCUT2D eigenvalue weighted by Crippen LogP contribution is 2.23. The Bertz CT molecular complexity index is 320. The molecule has 0 radical (unpaired) electrons. The van der Waals surface area contributed by atoms with E-state index in [1.807, 2.05) is 12.5 Å². The number of nitrogens with zero attached hydrogens (tertiary/aromatic N) is 2. The van der Waals surface area contributed by atoms with E-state index >= 15 is 0 Å². The van der Waals surface area contributed by atoms with Crippen molar-refractivity contribution in [2.75, 3.05) is 6.54 Å². The SMILES string of the molecule is CCCNCc1cncn1CC(C(C)C)C(C)C. The van der Waals surface area contributed by atoms with Crippen LogP contribution in [0.25, 0.3) is 0 Å². The van der Waals surface area contributed by atoms with Gasteiger partial charge in [-0.3, -0.25) is 0 Å². The minimum atomic E-state index is 0.712. The Morgan fingerprint density at radius 1 is 1.22 bits per heavy atom. The summed E-state index contributed by atoms with van der Waals surface area (Å²) in [5.41, 5.74) is 1.30. The molecule has 104 valence electrons. The van der Waals surface area contributed by atoms with E-state index in [4.69, 9.17) is 0 Å². The number of aromatic nitrogens is 2. The van der Waals surface area contributed by atoms with Crippen molar-refractivity contribution in [2.45, 2.75) is 54.1 Å². The third-order valence-corrected chi connectivity index (χ3v) is 3.65. The van der Waals surface area contributed by atoms with Gasteiger partial charge in [0.2, 0.25) is 0 Å². The summed E-state index contributed by atoms with van der Waals surface area (Å²) in [4.78, 5) is 4.30. The molecule has 18 heavy (non-hydrogen) atoms. The minimum absolute atomic E-state index is 0.712. The van der Waals surface area contributed by atoms with E-state index < -0.39 is 0 Å². The minimum Gasteiger partial charge on any atom is -0.333 e. The van der Waals surface area contributed by atoms with Gasteiger partial charge in [0.15, 0.2) is 0 Å². The van der Waals surface area contributed by atoms with E-state index in [9.17, 15) is 0 Å². The molecule has 0 saturated heterocycles. The molecule has 0 saturated carbocycles. The zero-order valence-corrected chi connectivity index (χ0v) is 12.6. The van der Waals surface area contributed by atoms with Crippen LogP contribution in [0.2, 0.25) is 0 Å². The molecule has 0 amide bonds. The number of nitrogens with one attached hydrogen (secondary N) is 1. The fourth-order valence-corrected chi connectivity index (χ4v) is 2.47. The highest BCUT2D eigenvalue weighted by Gasteiger charge is 2.18. The zero-order valence-electron chi connectivity index (χ0n) is 12.6. The van der Waals surface area contributed by atoms with Crippen LogP contribution < -0.4 is 5.32 Å². The summed E-state index contributed by atoms with van der Waals surface area (Å²) in [5, 5.41) is 3.45. The van der Waals surface area contributed by atoms with Crippen molar-refractivity contribution in [3.63, 3.8) is 0 Å². The Morgan fingerprint density at radius 3 is 2.44 bits per heavy atom. The molecule has 1 N–H and O–H groups in total. The molecule has 0 fully saturated rings. The Labute approximate surface area is 112 Å². The van der Waals surface area contributed by atoms with Crippen LogP contribution in [0.4, 0.5) is 0 Å². The molecule has 0 aromatic carbocycles. The smallest absolute Gasteiger partial charge is 0.0948 e. The van der Waals surface area contributed by atoms with Crippen LogP contribution in [0.3, 0.4) is 0 Å². The van der Waals surface area contributed by atoms with Crippen molar-refractivity contribution in [3.8, 4) is 0 Å². The molecule has 0 atom stereocenters. The normalized spacial score (nSPS) is 12.0. The first-order valence-electron chi connectivity index (χ1n) is 7.26. The molecule has 0 unspecified atom stereocenters. The van der Waals surface area contributed by atoms with Gasteiger partial charge in [0.25, 0.3) is 0 Å². The average Bonchev–Trinajstić information content (AvgIpc) is 2.73. The van der Waals surface area contributed by atoms with Gasteiger partial charge in [-0.25, -0.2) is 4.98 Å². The number of hydrogen-bond donors (Lipinski definition) is 1. The molecule has 1 aromatic rings. The lowest BCUT2D eigenvalue weighted by molar-refractivity contribution is 0.249. The standard InChI is InChI=1S/C15H29N3/c1-6-7-16-8-14-9-17-11-18(14)10-15(12(2)3)13(4)5/h9,11-13,15-16H,6-8,10H2,1-5H3. The Morgan fingerprint density at radius 2 is 1.89 bits per heavy atom. The van der Waals surface area contributed by atoms with Gasteiger partial charge < -0.3 is 9.88 Å². The summed E-state index contributed by atoms with van der Waals surface area (Å²) >= 11 is 0. The van der Waals surface area contributed by atoms with E-state index in [1.165, 1.54) is 12.1 Å². The topological polar surface area (TPSA) is 29.9 Å². The molecule has 1 aromatic heterocycles. The monoisotopic (exact) mass is 251 g/mol. The van der Waals surface area contributed by atoms with Crippen molar-refractivity contribution >= 4 is 0 Å². The summed E-state index contributed by atoms with van der Waals surface area (Å²) in [5.74, 6) is 2.14.